The van der Waals surface area contributed by atoms with E-state index in [-0.39, 0.29) is 24.4 Å². The molecule has 0 aliphatic carbocycles. The minimum atomic E-state index is -3.51. The highest BCUT2D eigenvalue weighted by atomic mass is 32.2. The molecule has 0 radical (unpaired) electrons. The number of nitrogens with zero attached hydrogens (tertiary/aromatic N) is 2. The fraction of sp³-hybridized carbons (Fsp3) is 0.533. The van der Waals surface area contributed by atoms with Gasteiger partial charge in [-0.05, 0) is 17.7 Å². The third-order valence-corrected chi connectivity index (χ3v) is 5.88. The lowest BCUT2D eigenvalue weighted by molar-refractivity contribution is -0.119. The van der Waals surface area contributed by atoms with E-state index in [2.05, 4.69) is 5.32 Å². The molecular formula is C15H23N3O4S. The highest BCUT2D eigenvalue weighted by Gasteiger charge is 2.40. The van der Waals surface area contributed by atoms with E-state index in [0.29, 0.717) is 6.54 Å². The molecule has 1 N–H and O–H groups in total. The van der Waals surface area contributed by atoms with Gasteiger partial charge in [0.2, 0.25) is 5.91 Å². The number of amides is 1. The Labute approximate surface area is 137 Å². The molecular weight excluding hydrogens is 318 g/mol. The molecule has 1 aromatic carbocycles. The summed E-state index contributed by atoms with van der Waals surface area (Å²) in [5.74, 6) is 0.470. The quantitative estimate of drug-likeness (QED) is 0.841. The summed E-state index contributed by atoms with van der Waals surface area (Å²) >= 11 is 0. The molecule has 0 aromatic heterocycles. The van der Waals surface area contributed by atoms with Gasteiger partial charge in [-0.3, -0.25) is 4.79 Å². The third kappa shape index (κ3) is 3.82. The molecule has 128 valence electrons. The summed E-state index contributed by atoms with van der Waals surface area (Å²) in [5.41, 5.74) is 0.973. The van der Waals surface area contributed by atoms with E-state index in [1.807, 2.05) is 24.3 Å². The van der Waals surface area contributed by atoms with Crippen LogP contribution in [0.25, 0.3) is 0 Å². The second-order valence-corrected chi connectivity index (χ2v) is 7.94. The van der Waals surface area contributed by atoms with Crippen molar-refractivity contribution in [1.29, 1.82) is 0 Å². The van der Waals surface area contributed by atoms with Gasteiger partial charge in [-0.25, -0.2) is 0 Å². The maximum atomic E-state index is 12.4. The Hall–Kier alpha value is -1.64. The van der Waals surface area contributed by atoms with E-state index in [9.17, 15) is 13.2 Å². The molecule has 1 aromatic rings. The van der Waals surface area contributed by atoms with Crippen molar-refractivity contribution in [1.82, 2.24) is 13.9 Å². The highest BCUT2D eigenvalue weighted by molar-refractivity contribution is 7.86. The minimum Gasteiger partial charge on any atom is -0.497 e. The molecule has 1 amide bonds. The van der Waals surface area contributed by atoms with E-state index < -0.39 is 10.2 Å². The number of carbonyl (C=O) groups excluding carboxylic acids is 1. The van der Waals surface area contributed by atoms with Gasteiger partial charge in [0.15, 0.2) is 0 Å². The molecule has 0 saturated carbocycles. The summed E-state index contributed by atoms with van der Waals surface area (Å²) in [5, 5.41) is 2.87. The van der Waals surface area contributed by atoms with Crippen LogP contribution in [0.2, 0.25) is 0 Å². The molecule has 1 aliphatic heterocycles. The van der Waals surface area contributed by atoms with Crippen LogP contribution < -0.4 is 10.1 Å². The Balaban J connectivity index is 2.29. The number of methoxy groups -OCH3 is 1. The van der Waals surface area contributed by atoms with E-state index in [0.717, 1.165) is 11.3 Å². The van der Waals surface area contributed by atoms with Crippen LogP contribution in [0, 0.1) is 0 Å². The molecule has 1 saturated heterocycles. The first-order chi connectivity index (χ1) is 10.8. The summed E-state index contributed by atoms with van der Waals surface area (Å²) in [4.78, 5) is 11.5. The molecule has 1 fully saturated rings. The molecule has 7 nitrogen and oxygen atoms in total. The standard InChI is InChI=1S/C15H23N3O4S/c1-11(19)16-15-10-18(23(20,21)17(2)3)9-14(15)12-5-7-13(22-4)8-6-12/h5-8,14-15H,9-10H2,1-4H3,(H,16,19). The van der Waals surface area contributed by atoms with Crippen molar-refractivity contribution < 1.29 is 17.9 Å². The highest BCUT2D eigenvalue weighted by Crippen LogP contribution is 2.31. The van der Waals surface area contributed by atoms with Gasteiger partial charge in [0.1, 0.15) is 5.75 Å². The van der Waals surface area contributed by atoms with Crippen molar-refractivity contribution >= 4 is 16.1 Å². The zero-order chi connectivity index (χ0) is 17.2. The van der Waals surface area contributed by atoms with Crippen molar-refractivity contribution in [2.75, 3.05) is 34.3 Å². The van der Waals surface area contributed by atoms with Crippen LogP contribution in [-0.4, -0.2) is 63.3 Å². The van der Waals surface area contributed by atoms with Gasteiger partial charge >= 0.3 is 0 Å². The number of ether oxygens (including phenoxy) is 1. The molecule has 0 bridgehead atoms. The molecule has 2 atom stereocenters. The molecule has 23 heavy (non-hydrogen) atoms. The van der Waals surface area contributed by atoms with Crippen LogP contribution in [0.3, 0.4) is 0 Å². The van der Waals surface area contributed by atoms with Crippen molar-refractivity contribution in [3.8, 4) is 5.75 Å². The van der Waals surface area contributed by atoms with Gasteiger partial charge in [-0.2, -0.15) is 17.0 Å². The average Bonchev–Trinajstić information content (AvgIpc) is 2.91. The zero-order valence-corrected chi connectivity index (χ0v) is 14.6. The van der Waals surface area contributed by atoms with Crippen molar-refractivity contribution in [2.24, 2.45) is 0 Å². The Morgan fingerprint density at radius 3 is 2.35 bits per heavy atom. The largest absolute Gasteiger partial charge is 0.497 e. The maximum Gasteiger partial charge on any atom is 0.281 e. The summed E-state index contributed by atoms with van der Waals surface area (Å²) in [6.07, 6.45) is 0. The number of hydrogen-bond acceptors (Lipinski definition) is 4. The smallest absolute Gasteiger partial charge is 0.281 e. The van der Waals surface area contributed by atoms with E-state index in [1.165, 1.54) is 29.6 Å². The van der Waals surface area contributed by atoms with Crippen molar-refractivity contribution in [3.05, 3.63) is 29.8 Å². The first-order valence-electron chi connectivity index (χ1n) is 7.34. The maximum absolute atomic E-state index is 12.4. The summed E-state index contributed by atoms with van der Waals surface area (Å²) in [7, 11) is 1.09. The Morgan fingerprint density at radius 1 is 1.26 bits per heavy atom. The molecule has 2 unspecified atom stereocenters. The van der Waals surface area contributed by atoms with E-state index >= 15 is 0 Å². The van der Waals surface area contributed by atoms with E-state index in [4.69, 9.17) is 4.74 Å². The number of benzene rings is 1. The van der Waals surface area contributed by atoms with Crippen LogP contribution in [0.1, 0.15) is 18.4 Å². The predicted octanol–water partition coefficient (Wildman–Crippen LogP) is 0.406. The normalized spacial score (nSPS) is 22.3. The van der Waals surface area contributed by atoms with Crippen LogP contribution in [0.5, 0.6) is 5.75 Å². The van der Waals surface area contributed by atoms with Gasteiger partial charge in [-0.1, -0.05) is 12.1 Å². The Kier molecular flexibility index (Phi) is 5.28. The fourth-order valence-electron chi connectivity index (χ4n) is 2.78. The van der Waals surface area contributed by atoms with Crippen LogP contribution in [0.15, 0.2) is 24.3 Å². The Morgan fingerprint density at radius 2 is 1.87 bits per heavy atom. The lowest BCUT2D eigenvalue weighted by Gasteiger charge is -2.20. The van der Waals surface area contributed by atoms with Gasteiger partial charge < -0.3 is 10.1 Å². The number of carbonyl (C=O) groups is 1. The average molecular weight is 341 g/mol. The summed E-state index contributed by atoms with van der Waals surface area (Å²) < 4.78 is 32.5. The third-order valence-electron chi connectivity index (χ3n) is 4.01. The summed E-state index contributed by atoms with van der Waals surface area (Å²) in [6.45, 7) is 2.03. The van der Waals surface area contributed by atoms with Crippen LogP contribution in [-0.2, 0) is 15.0 Å². The van der Waals surface area contributed by atoms with Crippen molar-refractivity contribution in [3.63, 3.8) is 0 Å². The van der Waals surface area contributed by atoms with Gasteiger partial charge in [0, 0.05) is 40.0 Å². The number of rotatable bonds is 5. The topological polar surface area (TPSA) is 79.0 Å². The minimum absolute atomic E-state index is 0.0977. The molecule has 1 aliphatic rings. The lowest BCUT2D eigenvalue weighted by Crippen LogP contribution is -2.42. The number of hydrogen-bond donors (Lipinski definition) is 1. The van der Waals surface area contributed by atoms with Gasteiger partial charge in [-0.15, -0.1) is 0 Å². The molecule has 0 spiro atoms. The van der Waals surface area contributed by atoms with Gasteiger partial charge in [0.05, 0.1) is 13.2 Å². The monoisotopic (exact) mass is 341 g/mol. The first-order valence-corrected chi connectivity index (χ1v) is 8.74. The van der Waals surface area contributed by atoms with Crippen LogP contribution >= 0.6 is 0 Å². The lowest BCUT2D eigenvalue weighted by atomic mass is 9.94. The van der Waals surface area contributed by atoms with Gasteiger partial charge in [0.25, 0.3) is 10.2 Å². The second-order valence-electron chi connectivity index (χ2n) is 5.79. The molecule has 1 heterocycles. The zero-order valence-electron chi connectivity index (χ0n) is 13.8. The summed E-state index contributed by atoms with van der Waals surface area (Å²) in [6, 6.07) is 7.23. The van der Waals surface area contributed by atoms with Crippen molar-refractivity contribution in [2.45, 2.75) is 18.9 Å². The first kappa shape index (κ1) is 17.7. The van der Waals surface area contributed by atoms with E-state index in [1.54, 1.807) is 7.11 Å². The predicted molar refractivity (Wildman–Crippen MR) is 87.5 cm³/mol. The second kappa shape index (κ2) is 6.86. The molecule has 8 heteroatoms. The molecule has 2 rings (SSSR count). The SMILES string of the molecule is COc1ccc(C2CN(S(=O)(=O)N(C)C)CC2NC(C)=O)cc1. The number of nitrogens with one attached hydrogen (secondary N) is 1. The fourth-order valence-corrected chi connectivity index (χ4v) is 3.94. The van der Waals surface area contributed by atoms with Crippen LogP contribution in [0.4, 0.5) is 0 Å². The Bertz CT molecular complexity index is 658.